The summed E-state index contributed by atoms with van der Waals surface area (Å²) in [4.78, 5) is 23.8. The molecule has 0 aromatic heterocycles. The molecule has 0 saturated heterocycles. The second kappa shape index (κ2) is 14.2. The van der Waals surface area contributed by atoms with Gasteiger partial charge in [-0.3, -0.25) is 9.59 Å². The van der Waals surface area contributed by atoms with Crippen LogP contribution in [0.1, 0.15) is 19.8 Å². The molecule has 0 saturated carbocycles. The number of likely N-dealkylation sites (N-methyl/N-ethyl adjacent to an activating group) is 1. The molecule has 0 aromatic carbocycles. The van der Waals surface area contributed by atoms with E-state index in [1.807, 2.05) is 21.1 Å². The number of amides is 2. The predicted octanol–water partition coefficient (Wildman–Crippen LogP) is 3.29. The lowest BCUT2D eigenvalue weighted by atomic mass is 10.3. The first kappa shape index (κ1) is 33.4. The Labute approximate surface area is 213 Å². The van der Waals surface area contributed by atoms with Crippen LogP contribution in [0.5, 0.6) is 0 Å². The van der Waals surface area contributed by atoms with Gasteiger partial charge in [0, 0.05) is 18.7 Å². The van der Waals surface area contributed by atoms with Crippen LogP contribution in [-0.4, -0.2) is 91.6 Å². The van der Waals surface area contributed by atoms with E-state index in [2.05, 4.69) is 63.0 Å². The molecule has 1 atom stereocenters. The van der Waals surface area contributed by atoms with Gasteiger partial charge in [-0.2, -0.15) is 0 Å². The van der Waals surface area contributed by atoms with Crippen molar-refractivity contribution >= 4 is 46.3 Å². The summed E-state index contributed by atoms with van der Waals surface area (Å²) in [6, 6.07) is 1.77. The standard InChI is InChI=1S/C22H51N3O5Si4/c1-20(2)22(27)24-16-14-18-34(12,28-31(6)7)30-33(10,11)29-32(8,9)17-13-15-23-21(26)19-25(3,4)5/h31H,1,13-19H2,2-12H3,(H-,23,24,26,27)/p+1. The van der Waals surface area contributed by atoms with E-state index in [-0.39, 0.29) is 11.8 Å². The maximum absolute atomic E-state index is 12.0. The predicted molar refractivity (Wildman–Crippen MR) is 151 cm³/mol. The van der Waals surface area contributed by atoms with Gasteiger partial charge in [-0.1, -0.05) is 6.58 Å². The van der Waals surface area contributed by atoms with Gasteiger partial charge in [0.2, 0.25) is 5.91 Å². The third kappa shape index (κ3) is 16.9. The van der Waals surface area contributed by atoms with Crippen molar-refractivity contribution in [2.45, 2.75) is 77.7 Å². The van der Waals surface area contributed by atoms with Crippen molar-refractivity contribution in [2.24, 2.45) is 0 Å². The molecule has 1 unspecified atom stereocenters. The fourth-order valence-electron chi connectivity index (χ4n) is 3.88. The van der Waals surface area contributed by atoms with E-state index in [4.69, 9.17) is 12.3 Å². The fraction of sp³-hybridized carbons (Fsp3) is 0.818. The smallest absolute Gasteiger partial charge is 0.315 e. The highest BCUT2D eigenvalue weighted by Crippen LogP contribution is 2.27. The monoisotopic (exact) mass is 550 g/mol. The number of carbonyl (C=O) groups excluding carboxylic acids is 2. The second-order valence-electron chi connectivity index (χ2n) is 11.7. The lowest BCUT2D eigenvalue weighted by Crippen LogP contribution is -2.55. The number of carbonyl (C=O) groups is 2. The molecule has 34 heavy (non-hydrogen) atoms. The van der Waals surface area contributed by atoms with Crippen LogP contribution in [0.3, 0.4) is 0 Å². The van der Waals surface area contributed by atoms with E-state index in [0.29, 0.717) is 29.7 Å². The van der Waals surface area contributed by atoms with E-state index in [9.17, 15) is 9.59 Å². The first-order valence-electron chi connectivity index (χ1n) is 12.3. The van der Waals surface area contributed by atoms with Gasteiger partial charge in [0.1, 0.15) is 0 Å². The van der Waals surface area contributed by atoms with Crippen LogP contribution in [0.15, 0.2) is 12.2 Å². The van der Waals surface area contributed by atoms with Crippen molar-refractivity contribution in [1.29, 1.82) is 0 Å². The summed E-state index contributed by atoms with van der Waals surface area (Å²) in [5, 5.41) is 5.92. The minimum Gasteiger partial charge on any atom is -0.439 e. The molecule has 8 nitrogen and oxygen atoms in total. The topological polar surface area (TPSA) is 85.9 Å². The summed E-state index contributed by atoms with van der Waals surface area (Å²) in [5.74, 6) is -0.0231. The van der Waals surface area contributed by atoms with Crippen molar-refractivity contribution in [3.63, 3.8) is 0 Å². The summed E-state index contributed by atoms with van der Waals surface area (Å²) in [5.41, 5.74) is 0.518. The van der Waals surface area contributed by atoms with Crippen molar-refractivity contribution in [2.75, 3.05) is 40.8 Å². The Morgan fingerprint density at radius 3 is 1.94 bits per heavy atom. The lowest BCUT2D eigenvalue weighted by Gasteiger charge is -2.40. The highest BCUT2D eigenvalue weighted by Gasteiger charge is 2.43. The van der Waals surface area contributed by atoms with E-state index < -0.39 is 34.5 Å². The van der Waals surface area contributed by atoms with Gasteiger partial charge in [0.15, 0.2) is 23.9 Å². The molecule has 0 heterocycles. The van der Waals surface area contributed by atoms with Crippen molar-refractivity contribution in [3.05, 3.63) is 12.2 Å². The Kier molecular flexibility index (Phi) is 14.0. The van der Waals surface area contributed by atoms with Crippen LogP contribution in [0.4, 0.5) is 0 Å². The minimum absolute atomic E-state index is 0.0853. The van der Waals surface area contributed by atoms with Gasteiger partial charge in [-0.15, -0.1) is 0 Å². The molecular weight excluding hydrogens is 499 g/mol. The molecule has 0 aliphatic rings. The normalized spacial score (nSPS) is 14.6. The Bertz CT molecular complexity index is 684. The van der Waals surface area contributed by atoms with Gasteiger partial charge in [0.25, 0.3) is 5.91 Å². The van der Waals surface area contributed by atoms with Crippen LogP contribution >= 0.6 is 0 Å². The van der Waals surface area contributed by atoms with Gasteiger partial charge >= 0.3 is 17.1 Å². The van der Waals surface area contributed by atoms with Gasteiger partial charge < -0.3 is 27.5 Å². The number of hydrogen-bond donors (Lipinski definition) is 2. The summed E-state index contributed by atoms with van der Waals surface area (Å²) >= 11 is 0. The molecule has 0 aliphatic carbocycles. The zero-order valence-electron chi connectivity index (χ0n) is 23.7. The van der Waals surface area contributed by atoms with Gasteiger partial charge in [-0.25, -0.2) is 0 Å². The number of rotatable bonds is 17. The summed E-state index contributed by atoms with van der Waals surface area (Å²) < 4.78 is 20.5. The van der Waals surface area contributed by atoms with Crippen LogP contribution in [0, 0.1) is 0 Å². The number of hydrogen-bond acceptors (Lipinski definition) is 5. The third-order valence-corrected chi connectivity index (χ3v) is 19.4. The van der Waals surface area contributed by atoms with Crippen LogP contribution in [0.2, 0.25) is 57.9 Å². The fourth-order valence-corrected chi connectivity index (χ4v) is 21.7. The first-order valence-corrected chi connectivity index (χ1v) is 23.6. The zero-order valence-corrected chi connectivity index (χ0v) is 27.9. The van der Waals surface area contributed by atoms with Crippen LogP contribution in [0.25, 0.3) is 0 Å². The maximum atomic E-state index is 12.0. The summed E-state index contributed by atoms with van der Waals surface area (Å²) in [6.45, 7) is 22.3. The van der Waals surface area contributed by atoms with Gasteiger partial charge in [0.05, 0.1) is 21.1 Å². The second-order valence-corrected chi connectivity index (χ2v) is 26.0. The molecule has 0 spiro atoms. The summed E-state index contributed by atoms with van der Waals surface area (Å²) in [7, 11) is -2.10. The average molecular weight is 551 g/mol. The molecule has 0 aliphatic heterocycles. The third-order valence-electron chi connectivity index (χ3n) is 4.85. The average Bonchev–Trinajstić information content (AvgIpc) is 2.58. The Hall–Kier alpha value is -0.612. The Morgan fingerprint density at radius 1 is 0.912 bits per heavy atom. The molecule has 0 fully saturated rings. The number of quaternary nitrogens is 1. The Balaban J connectivity index is 4.82. The van der Waals surface area contributed by atoms with Crippen LogP contribution < -0.4 is 10.6 Å². The molecule has 0 rings (SSSR count). The Morgan fingerprint density at radius 2 is 1.44 bits per heavy atom. The van der Waals surface area contributed by atoms with E-state index in [0.717, 1.165) is 24.9 Å². The van der Waals surface area contributed by atoms with Crippen molar-refractivity contribution in [3.8, 4) is 0 Å². The number of nitrogens with one attached hydrogen (secondary N) is 2. The SMILES string of the molecule is C=C(C)C(=O)NCCC[Si](C)(O[SiH](C)C)O[Si](C)(C)O[Si](C)(C)CCCNC(=O)C[N+](C)(C)C. The van der Waals surface area contributed by atoms with Gasteiger partial charge in [-0.05, 0) is 77.7 Å². The first-order chi connectivity index (χ1) is 15.3. The molecule has 0 radical (unpaired) electrons. The van der Waals surface area contributed by atoms with E-state index >= 15 is 0 Å². The maximum Gasteiger partial charge on any atom is 0.315 e. The molecule has 2 N–H and O–H groups in total. The largest absolute Gasteiger partial charge is 0.439 e. The van der Waals surface area contributed by atoms with Crippen LogP contribution in [-0.2, 0) is 21.9 Å². The molecule has 12 heteroatoms. The highest BCUT2D eigenvalue weighted by atomic mass is 28.5. The van der Waals surface area contributed by atoms with E-state index in [1.54, 1.807) is 6.92 Å². The molecular formula is C22H52N3O5Si4+. The van der Waals surface area contributed by atoms with Crippen molar-refractivity contribution in [1.82, 2.24) is 10.6 Å². The zero-order chi connectivity index (χ0) is 26.8. The molecule has 0 aromatic rings. The molecule has 2 amide bonds. The molecule has 0 bridgehead atoms. The quantitative estimate of drug-likeness (QED) is 0.126. The van der Waals surface area contributed by atoms with Crippen molar-refractivity contribution < 1.29 is 26.4 Å². The lowest BCUT2D eigenvalue weighted by molar-refractivity contribution is -0.862. The minimum atomic E-state index is -2.43. The highest BCUT2D eigenvalue weighted by molar-refractivity contribution is 6.87. The molecule has 200 valence electrons. The number of nitrogens with zero attached hydrogens (tertiary/aromatic N) is 1. The summed E-state index contributed by atoms with van der Waals surface area (Å²) in [6.07, 6.45) is 1.71. The van der Waals surface area contributed by atoms with E-state index in [1.165, 1.54) is 0 Å².